The number of amidine groups is 1. The molecule has 1 amide bonds. The van der Waals surface area contributed by atoms with E-state index >= 15 is 0 Å². The largest absolute Gasteiger partial charge is 0.486 e. The zero-order chi connectivity index (χ0) is 41.1. The van der Waals surface area contributed by atoms with Gasteiger partial charge in [-0.25, -0.2) is 14.5 Å². The second kappa shape index (κ2) is 17.8. The maximum Gasteiger partial charge on any atom is 0.410 e. The van der Waals surface area contributed by atoms with Crippen molar-refractivity contribution in [3.05, 3.63) is 64.5 Å². The Labute approximate surface area is 358 Å². The monoisotopic (exact) mass is 844 g/mol. The number of hydrogen-bond acceptors (Lipinski definition) is 10. The van der Waals surface area contributed by atoms with Gasteiger partial charge in [-0.3, -0.25) is 9.98 Å². The average Bonchev–Trinajstić information content (AvgIpc) is 3.41. The lowest BCUT2D eigenvalue weighted by Gasteiger charge is -2.54. The number of carbonyl (C=O) groups is 1. The van der Waals surface area contributed by atoms with Crippen LogP contribution in [0.5, 0.6) is 5.75 Å². The molecule has 4 fully saturated rings. The molecule has 4 saturated heterocycles. The number of carbonyl (C=O) groups excluding carboxylic acids is 1. The van der Waals surface area contributed by atoms with E-state index in [2.05, 4.69) is 31.9 Å². The van der Waals surface area contributed by atoms with Crippen molar-refractivity contribution in [1.29, 1.82) is 0 Å². The summed E-state index contributed by atoms with van der Waals surface area (Å²) in [7, 11) is 0. The quantitative estimate of drug-likeness (QED) is 0.187. The molecule has 1 aromatic carbocycles. The van der Waals surface area contributed by atoms with Crippen molar-refractivity contribution in [2.24, 2.45) is 10.4 Å². The molecular weight excluding hydrogens is 787 g/mol. The maximum absolute atomic E-state index is 12.5. The third-order valence-electron chi connectivity index (χ3n) is 12.2. The molecule has 1 unspecified atom stereocenters. The number of ether oxygens (including phenoxy) is 3. The van der Waals surface area contributed by atoms with Crippen LogP contribution in [-0.2, 0) is 9.47 Å². The van der Waals surface area contributed by atoms with Crippen molar-refractivity contribution >= 4 is 51.9 Å². The molecule has 316 valence electrons. The van der Waals surface area contributed by atoms with E-state index in [1.165, 1.54) is 51.0 Å². The minimum absolute atomic E-state index is 0.124. The molecule has 8 heterocycles. The Hall–Kier alpha value is -4.13. The van der Waals surface area contributed by atoms with E-state index < -0.39 is 11.7 Å². The first kappa shape index (κ1) is 41.6. The summed E-state index contributed by atoms with van der Waals surface area (Å²) in [6.45, 7) is 15.3. The minimum Gasteiger partial charge on any atom is -0.486 e. The summed E-state index contributed by atoms with van der Waals surface area (Å²) in [6.07, 6.45) is 16.0. The van der Waals surface area contributed by atoms with Gasteiger partial charge in [-0.05, 0) is 109 Å². The molecule has 3 aromatic heterocycles. The van der Waals surface area contributed by atoms with Crippen LogP contribution in [0.25, 0.3) is 22.2 Å². The highest BCUT2D eigenvalue weighted by Crippen LogP contribution is 2.43. The molecular formula is C45H58Cl2N8O4. The fourth-order valence-corrected chi connectivity index (χ4v) is 9.67. The van der Waals surface area contributed by atoms with Gasteiger partial charge in [0.1, 0.15) is 29.0 Å². The number of likely N-dealkylation sites (tertiary alicyclic amines) is 1. The average molecular weight is 846 g/mol. The number of amides is 1. The SMILES string of the molecule is C1CCC2=NCCCN2CC1.C[C@@H](Oc1ccc2c(c1)c(-c1ccc(N3CC4(CCN(C(=O)OC(C)(C)C)CC4)C3)nc1)nn2C1CCCCO1)c1c(Cl)cncc1Cl. The molecule has 0 bridgehead atoms. The van der Waals surface area contributed by atoms with Crippen LogP contribution in [0.4, 0.5) is 10.6 Å². The maximum atomic E-state index is 12.5. The molecule has 4 aromatic rings. The minimum atomic E-state index is -0.482. The number of aliphatic imine (C=N–C) groups is 1. The zero-order valence-corrected chi connectivity index (χ0v) is 36.5. The number of rotatable bonds is 6. The Kier molecular flexibility index (Phi) is 12.6. The first-order valence-corrected chi connectivity index (χ1v) is 22.3. The van der Waals surface area contributed by atoms with Crippen LogP contribution in [0.15, 0.2) is 53.9 Å². The highest BCUT2D eigenvalue weighted by Gasteiger charge is 2.46. The Morgan fingerprint density at radius 1 is 0.915 bits per heavy atom. The fourth-order valence-electron chi connectivity index (χ4n) is 9.00. The normalized spacial score (nSPS) is 21.1. The number of aromatic nitrogens is 4. The molecule has 2 atom stereocenters. The van der Waals surface area contributed by atoms with E-state index in [4.69, 9.17) is 47.5 Å². The molecule has 59 heavy (non-hydrogen) atoms. The van der Waals surface area contributed by atoms with Crippen molar-refractivity contribution in [1.82, 2.24) is 29.5 Å². The number of benzene rings is 1. The van der Waals surface area contributed by atoms with Crippen molar-refractivity contribution in [3.63, 3.8) is 0 Å². The van der Waals surface area contributed by atoms with Gasteiger partial charge in [0.25, 0.3) is 0 Å². The summed E-state index contributed by atoms with van der Waals surface area (Å²) in [5.41, 5.74) is 3.15. The van der Waals surface area contributed by atoms with Crippen LogP contribution in [0.1, 0.15) is 110 Å². The summed E-state index contributed by atoms with van der Waals surface area (Å²) in [5.74, 6) is 3.02. The molecule has 1 spiro atoms. The van der Waals surface area contributed by atoms with E-state index in [0.29, 0.717) is 21.4 Å². The van der Waals surface area contributed by atoms with Crippen LogP contribution in [0.2, 0.25) is 10.0 Å². The summed E-state index contributed by atoms with van der Waals surface area (Å²) in [5, 5.41) is 6.98. The lowest BCUT2D eigenvalue weighted by molar-refractivity contribution is -0.0365. The number of anilines is 1. The lowest BCUT2D eigenvalue weighted by Crippen LogP contribution is -2.61. The third kappa shape index (κ3) is 9.60. The van der Waals surface area contributed by atoms with Crippen molar-refractivity contribution in [2.75, 3.05) is 57.3 Å². The van der Waals surface area contributed by atoms with E-state index in [0.717, 1.165) is 99.4 Å². The highest BCUT2D eigenvalue weighted by atomic mass is 35.5. The first-order valence-electron chi connectivity index (χ1n) is 21.5. The molecule has 9 rings (SSSR count). The van der Waals surface area contributed by atoms with Gasteiger partial charge in [-0.15, -0.1) is 0 Å². The van der Waals surface area contributed by atoms with E-state index in [1.807, 2.05) is 61.7 Å². The predicted octanol–water partition coefficient (Wildman–Crippen LogP) is 10.1. The van der Waals surface area contributed by atoms with E-state index in [1.54, 1.807) is 12.4 Å². The molecule has 5 aliphatic rings. The number of nitrogens with zero attached hydrogens (tertiary/aromatic N) is 8. The van der Waals surface area contributed by atoms with Crippen molar-refractivity contribution in [3.8, 4) is 17.0 Å². The molecule has 0 radical (unpaired) electrons. The summed E-state index contributed by atoms with van der Waals surface area (Å²) < 4.78 is 20.1. The van der Waals surface area contributed by atoms with Gasteiger partial charge in [0, 0.05) is 99.4 Å². The molecule has 14 heteroatoms. The fraction of sp³-hybridized carbons (Fsp3) is 0.578. The number of fused-ring (bicyclic) bond motifs is 2. The first-order chi connectivity index (χ1) is 28.5. The molecule has 12 nitrogen and oxygen atoms in total. The van der Waals surface area contributed by atoms with Crippen LogP contribution < -0.4 is 9.64 Å². The topological polar surface area (TPSA) is 110 Å². The van der Waals surface area contributed by atoms with Gasteiger partial charge in [0.05, 0.1) is 21.4 Å². The van der Waals surface area contributed by atoms with E-state index in [-0.39, 0.29) is 17.7 Å². The molecule has 0 aliphatic carbocycles. The van der Waals surface area contributed by atoms with Gasteiger partial charge in [-0.1, -0.05) is 29.6 Å². The molecule has 0 saturated carbocycles. The van der Waals surface area contributed by atoms with Crippen LogP contribution in [0.3, 0.4) is 0 Å². The molecule has 5 aliphatic heterocycles. The Bertz CT molecular complexity index is 2090. The summed E-state index contributed by atoms with van der Waals surface area (Å²) in [6, 6.07) is 10.2. The van der Waals surface area contributed by atoms with Gasteiger partial charge in [0.2, 0.25) is 0 Å². The van der Waals surface area contributed by atoms with Gasteiger partial charge in [0.15, 0.2) is 6.23 Å². The highest BCUT2D eigenvalue weighted by molar-refractivity contribution is 6.35. The smallest absolute Gasteiger partial charge is 0.410 e. The van der Waals surface area contributed by atoms with Crippen molar-refractivity contribution in [2.45, 2.75) is 110 Å². The Balaban J connectivity index is 0.000000378. The third-order valence-corrected chi connectivity index (χ3v) is 12.8. The van der Waals surface area contributed by atoms with Crippen LogP contribution in [0, 0.1) is 5.41 Å². The van der Waals surface area contributed by atoms with Gasteiger partial charge >= 0.3 is 6.09 Å². The summed E-state index contributed by atoms with van der Waals surface area (Å²) >= 11 is 12.9. The molecule has 0 N–H and O–H groups in total. The number of halogens is 2. The number of piperidine rings is 1. The lowest BCUT2D eigenvalue weighted by atomic mass is 9.72. The van der Waals surface area contributed by atoms with Crippen LogP contribution in [-0.4, -0.2) is 99.5 Å². The summed E-state index contributed by atoms with van der Waals surface area (Å²) in [4.78, 5) is 32.7. The predicted molar refractivity (Wildman–Crippen MR) is 234 cm³/mol. The second-order valence-corrected chi connectivity index (χ2v) is 18.6. The van der Waals surface area contributed by atoms with Gasteiger partial charge < -0.3 is 28.9 Å². The Morgan fingerprint density at radius 2 is 1.69 bits per heavy atom. The number of hydrogen-bond donors (Lipinski definition) is 0. The number of pyridine rings is 2. The van der Waals surface area contributed by atoms with E-state index in [9.17, 15) is 4.79 Å². The van der Waals surface area contributed by atoms with Crippen LogP contribution >= 0.6 is 23.2 Å². The zero-order valence-electron chi connectivity index (χ0n) is 35.0. The Morgan fingerprint density at radius 3 is 2.41 bits per heavy atom. The van der Waals surface area contributed by atoms with Gasteiger partial charge in [-0.2, -0.15) is 5.10 Å². The second-order valence-electron chi connectivity index (χ2n) is 17.7. The van der Waals surface area contributed by atoms with Crippen molar-refractivity contribution < 1.29 is 19.0 Å². The standard InChI is InChI=1S/C36H42Cl2N6O4.C9H16N2/c1-23(32-27(37)19-39-20-28(32)38)47-25-9-10-29-26(17-25)33(41-44(29)31-7-5-6-16-46-31)24-8-11-30(40-18-24)43-21-36(22-43)12-14-42(15-13-36)34(45)48-35(2,3)4;1-2-5-9-10-6-4-8-11(9)7-3-1/h8-11,17-20,23,31H,5-7,12-16,21-22H2,1-4H3;1-8H2/t23-,31?;/m1./s1.